The Morgan fingerprint density at radius 1 is 1.24 bits per heavy atom. The fourth-order valence-electron chi connectivity index (χ4n) is 2.68. The molecule has 0 bridgehead atoms. The summed E-state index contributed by atoms with van der Waals surface area (Å²) in [6, 6.07) is 6.93. The monoisotopic (exact) mass is 346 g/mol. The molecule has 3 rings (SSSR count). The van der Waals surface area contributed by atoms with Crippen molar-refractivity contribution in [2.45, 2.75) is 6.04 Å². The standard InChI is InChI=1S/C15H16ClFN2S.ClH/c16-14-9-12(17)1-2-13(14)15(11-3-8-20-10-11)19-6-4-18-5-7-19;/h1-3,8-10,15,18H,4-7H2;1H/t15-;/m1./s1. The van der Waals surface area contributed by atoms with Crippen LogP contribution in [0.1, 0.15) is 17.2 Å². The van der Waals surface area contributed by atoms with E-state index < -0.39 is 0 Å². The Labute approximate surface area is 139 Å². The Bertz CT molecular complexity index is 571. The third-order valence-electron chi connectivity index (χ3n) is 3.63. The second-order valence-corrected chi connectivity index (χ2v) is 6.10. The van der Waals surface area contributed by atoms with E-state index in [0.717, 1.165) is 31.7 Å². The van der Waals surface area contributed by atoms with Gasteiger partial charge in [-0.15, -0.1) is 12.4 Å². The Balaban J connectivity index is 0.00000161. The van der Waals surface area contributed by atoms with Crippen molar-refractivity contribution >= 4 is 35.3 Å². The summed E-state index contributed by atoms with van der Waals surface area (Å²) in [6.45, 7) is 3.88. The highest BCUT2D eigenvalue weighted by Crippen LogP contribution is 2.34. The number of thiophene rings is 1. The lowest BCUT2D eigenvalue weighted by Gasteiger charge is -2.35. The zero-order valence-electron chi connectivity index (χ0n) is 11.4. The molecule has 2 nitrogen and oxygen atoms in total. The fraction of sp³-hybridized carbons (Fsp3) is 0.333. The van der Waals surface area contributed by atoms with E-state index in [1.54, 1.807) is 11.3 Å². The molecule has 0 spiro atoms. The van der Waals surface area contributed by atoms with Crippen molar-refractivity contribution < 1.29 is 4.39 Å². The number of rotatable bonds is 3. The Morgan fingerprint density at radius 2 is 2.00 bits per heavy atom. The maximum Gasteiger partial charge on any atom is 0.124 e. The summed E-state index contributed by atoms with van der Waals surface area (Å²) in [7, 11) is 0. The van der Waals surface area contributed by atoms with Crippen LogP contribution >= 0.6 is 35.3 Å². The Morgan fingerprint density at radius 3 is 2.62 bits per heavy atom. The van der Waals surface area contributed by atoms with Gasteiger partial charge >= 0.3 is 0 Å². The van der Waals surface area contributed by atoms with Crippen LogP contribution in [0, 0.1) is 5.82 Å². The van der Waals surface area contributed by atoms with Gasteiger partial charge in [-0.25, -0.2) is 4.39 Å². The van der Waals surface area contributed by atoms with Crippen LogP contribution in [0.5, 0.6) is 0 Å². The lowest BCUT2D eigenvalue weighted by Crippen LogP contribution is -2.45. The van der Waals surface area contributed by atoms with Gasteiger partial charge in [-0.3, -0.25) is 4.90 Å². The van der Waals surface area contributed by atoms with E-state index in [2.05, 4.69) is 27.0 Å². The second kappa shape index (κ2) is 7.56. The molecule has 0 saturated carbocycles. The van der Waals surface area contributed by atoms with Crippen molar-refractivity contribution in [3.63, 3.8) is 0 Å². The van der Waals surface area contributed by atoms with Gasteiger partial charge in [0, 0.05) is 31.2 Å². The lowest BCUT2D eigenvalue weighted by atomic mass is 9.98. The largest absolute Gasteiger partial charge is 0.314 e. The number of piperazine rings is 1. The first-order valence-corrected chi connectivity index (χ1v) is 7.99. The number of halogens is 3. The highest BCUT2D eigenvalue weighted by molar-refractivity contribution is 7.08. The SMILES string of the molecule is Cl.Fc1ccc([C@@H](c2ccsc2)N2CCNCC2)c(Cl)c1. The Kier molecular flexibility index (Phi) is 6.02. The summed E-state index contributed by atoms with van der Waals surface area (Å²) in [5, 5.41) is 8.07. The summed E-state index contributed by atoms with van der Waals surface area (Å²) >= 11 is 7.96. The van der Waals surface area contributed by atoms with Crippen molar-refractivity contribution in [2.24, 2.45) is 0 Å². The van der Waals surface area contributed by atoms with E-state index >= 15 is 0 Å². The summed E-state index contributed by atoms with van der Waals surface area (Å²) < 4.78 is 13.3. The topological polar surface area (TPSA) is 15.3 Å². The van der Waals surface area contributed by atoms with E-state index in [0.29, 0.717) is 5.02 Å². The normalized spacial score (nSPS) is 17.2. The number of hydrogen-bond acceptors (Lipinski definition) is 3. The van der Waals surface area contributed by atoms with Crippen LogP contribution in [0.25, 0.3) is 0 Å². The molecule has 2 aromatic rings. The van der Waals surface area contributed by atoms with Crippen LogP contribution in [0.3, 0.4) is 0 Å². The average molecular weight is 347 g/mol. The molecule has 1 saturated heterocycles. The molecule has 0 amide bonds. The molecule has 1 aromatic carbocycles. The lowest BCUT2D eigenvalue weighted by molar-refractivity contribution is 0.198. The summed E-state index contributed by atoms with van der Waals surface area (Å²) in [4.78, 5) is 2.40. The molecule has 1 N–H and O–H groups in total. The molecule has 0 aliphatic carbocycles. The highest BCUT2D eigenvalue weighted by Gasteiger charge is 2.26. The van der Waals surface area contributed by atoms with Crippen molar-refractivity contribution in [1.29, 1.82) is 0 Å². The molecule has 1 aliphatic heterocycles. The zero-order chi connectivity index (χ0) is 13.9. The van der Waals surface area contributed by atoms with Gasteiger partial charge in [0.25, 0.3) is 0 Å². The second-order valence-electron chi connectivity index (χ2n) is 4.91. The molecule has 6 heteroatoms. The molecule has 1 fully saturated rings. The summed E-state index contributed by atoms with van der Waals surface area (Å²) in [5.74, 6) is -0.289. The van der Waals surface area contributed by atoms with Crippen molar-refractivity contribution in [3.8, 4) is 0 Å². The van der Waals surface area contributed by atoms with Gasteiger partial charge in [0.1, 0.15) is 5.82 Å². The van der Waals surface area contributed by atoms with E-state index in [-0.39, 0.29) is 24.3 Å². The predicted molar refractivity (Wildman–Crippen MR) is 89.3 cm³/mol. The molecule has 21 heavy (non-hydrogen) atoms. The van der Waals surface area contributed by atoms with Crippen LogP contribution in [0.2, 0.25) is 5.02 Å². The van der Waals surface area contributed by atoms with Crippen LogP contribution < -0.4 is 5.32 Å². The molecule has 1 aromatic heterocycles. The minimum atomic E-state index is -0.289. The van der Waals surface area contributed by atoms with Crippen LogP contribution in [-0.2, 0) is 0 Å². The first kappa shape index (κ1) is 16.7. The van der Waals surface area contributed by atoms with Gasteiger partial charge < -0.3 is 5.32 Å². The van der Waals surface area contributed by atoms with Crippen molar-refractivity contribution in [1.82, 2.24) is 10.2 Å². The Hall–Kier alpha value is -0.650. The molecule has 1 aliphatic rings. The third kappa shape index (κ3) is 3.76. The van der Waals surface area contributed by atoms with Gasteiger partial charge in [0.05, 0.1) is 6.04 Å². The van der Waals surface area contributed by atoms with Gasteiger partial charge in [-0.1, -0.05) is 17.7 Å². The van der Waals surface area contributed by atoms with Crippen LogP contribution in [0.15, 0.2) is 35.0 Å². The maximum absolute atomic E-state index is 13.3. The third-order valence-corrected chi connectivity index (χ3v) is 4.66. The quantitative estimate of drug-likeness (QED) is 0.904. The zero-order valence-corrected chi connectivity index (χ0v) is 13.8. The maximum atomic E-state index is 13.3. The van der Waals surface area contributed by atoms with Gasteiger partial charge in [0.2, 0.25) is 0 Å². The molecule has 2 heterocycles. The van der Waals surface area contributed by atoms with E-state index in [9.17, 15) is 4.39 Å². The first-order valence-electron chi connectivity index (χ1n) is 6.67. The van der Waals surface area contributed by atoms with Crippen LogP contribution in [-0.4, -0.2) is 31.1 Å². The van der Waals surface area contributed by atoms with Gasteiger partial charge in [-0.05, 0) is 40.1 Å². The van der Waals surface area contributed by atoms with Crippen molar-refractivity contribution in [2.75, 3.05) is 26.2 Å². The van der Waals surface area contributed by atoms with Crippen molar-refractivity contribution in [3.05, 3.63) is 57.0 Å². The smallest absolute Gasteiger partial charge is 0.124 e. The number of hydrogen-bond donors (Lipinski definition) is 1. The van der Waals surface area contributed by atoms with E-state index in [1.165, 1.54) is 17.7 Å². The highest BCUT2D eigenvalue weighted by atomic mass is 35.5. The van der Waals surface area contributed by atoms with Gasteiger partial charge in [0.15, 0.2) is 0 Å². The molecular weight excluding hydrogens is 330 g/mol. The molecule has 114 valence electrons. The number of nitrogens with one attached hydrogen (secondary N) is 1. The minimum absolute atomic E-state index is 0. The predicted octanol–water partition coefficient (Wildman–Crippen LogP) is 3.96. The summed E-state index contributed by atoms with van der Waals surface area (Å²) in [6.07, 6.45) is 0. The van der Waals surface area contributed by atoms with Crippen LogP contribution in [0.4, 0.5) is 4.39 Å². The summed E-state index contributed by atoms with van der Waals surface area (Å²) in [5.41, 5.74) is 2.21. The van der Waals surface area contributed by atoms with Gasteiger partial charge in [-0.2, -0.15) is 11.3 Å². The number of benzene rings is 1. The average Bonchev–Trinajstić information content (AvgIpc) is 2.97. The molecular formula is C15H17Cl2FN2S. The minimum Gasteiger partial charge on any atom is -0.314 e. The first-order chi connectivity index (χ1) is 9.75. The van der Waals surface area contributed by atoms with E-state index in [1.807, 2.05) is 6.07 Å². The molecule has 1 atom stereocenters. The fourth-order valence-corrected chi connectivity index (χ4v) is 3.63. The van der Waals surface area contributed by atoms with E-state index in [4.69, 9.17) is 11.6 Å². The molecule has 0 radical (unpaired) electrons. The number of nitrogens with zero attached hydrogens (tertiary/aromatic N) is 1. The molecule has 0 unspecified atom stereocenters.